The molecule has 2 aliphatic carbocycles. The molecule has 3 fully saturated rings. The van der Waals surface area contributed by atoms with Gasteiger partial charge in [-0.3, -0.25) is 29.0 Å². The highest BCUT2D eigenvalue weighted by atomic mass is 35.5. The average molecular weight is 597 g/mol. The molecule has 6 rings (SSSR count). The predicted octanol–water partition coefficient (Wildman–Crippen LogP) is 3.95. The zero-order valence-electron chi connectivity index (χ0n) is 22.9. The molecule has 0 spiro atoms. The number of alkyl halides is 2. The second kappa shape index (κ2) is 9.33. The Hall–Kier alpha value is -3.36. The van der Waals surface area contributed by atoms with E-state index in [-0.39, 0.29) is 36.3 Å². The molecule has 2 aromatic carbocycles. The smallest absolute Gasteiger partial charge is 0.253 e. The fourth-order valence-electron chi connectivity index (χ4n) is 7.46. The lowest BCUT2D eigenvalue weighted by atomic mass is 9.56. The highest BCUT2D eigenvalue weighted by Gasteiger charge is 2.75. The Bertz CT molecular complexity index is 1530. The van der Waals surface area contributed by atoms with Crippen LogP contribution in [0.5, 0.6) is 11.5 Å². The van der Waals surface area contributed by atoms with Gasteiger partial charge in [0.2, 0.25) is 11.8 Å². The molecule has 214 valence electrons. The number of carbonyl (C=O) groups is 4. The van der Waals surface area contributed by atoms with Gasteiger partial charge in [-0.15, -0.1) is 23.2 Å². The number of aryl methyl sites for hydroxylation is 2. The van der Waals surface area contributed by atoms with Gasteiger partial charge in [-0.2, -0.15) is 0 Å². The number of halogens is 2. The number of rotatable bonds is 4. The Labute approximate surface area is 247 Å². The van der Waals surface area contributed by atoms with E-state index in [9.17, 15) is 29.4 Å². The summed E-state index contributed by atoms with van der Waals surface area (Å²) in [4.78, 5) is 53.3. The van der Waals surface area contributed by atoms with Gasteiger partial charge in [0.05, 0.1) is 11.8 Å². The van der Waals surface area contributed by atoms with Crippen molar-refractivity contribution in [3.63, 3.8) is 0 Å². The minimum absolute atomic E-state index is 0.0582. The van der Waals surface area contributed by atoms with E-state index in [1.54, 1.807) is 50.2 Å². The first-order valence-electron chi connectivity index (χ1n) is 13.6. The number of nitrogens with zero attached hydrogens (tertiary/aromatic N) is 2. The Balaban J connectivity index is 1.42. The van der Waals surface area contributed by atoms with E-state index < -0.39 is 45.2 Å². The zero-order chi connectivity index (χ0) is 29.6. The zero-order valence-corrected chi connectivity index (χ0v) is 24.4. The number of likely N-dealkylation sites (tertiary alicyclic amines) is 2. The molecule has 10 heteroatoms. The molecule has 0 bridgehead atoms. The Kier molecular flexibility index (Phi) is 6.32. The van der Waals surface area contributed by atoms with Crippen molar-refractivity contribution < 1.29 is 29.4 Å². The topological polar surface area (TPSA) is 115 Å². The second-order valence-electron chi connectivity index (χ2n) is 11.7. The van der Waals surface area contributed by atoms with Crippen molar-refractivity contribution in [3.05, 3.63) is 70.3 Å². The van der Waals surface area contributed by atoms with Gasteiger partial charge < -0.3 is 10.2 Å². The highest BCUT2D eigenvalue weighted by molar-refractivity contribution is 6.53. The van der Waals surface area contributed by atoms with E-state index in [0.29, 0.717) is 29.5 Å². The van der Waals surface area contributed by atoms with Gasteiger partial charge in [0.15, 0.2) is 9.75 Å². The second-order valence-corrected chi connectivity index (χ2v) is 13.0. The van der Waals surface area contributed by atoms with Gasteiger partial charge in [-0.1, -0.05) is 35.9 Å². The Morgan fingerprint density at radius 1 is 0.927 bits per heavy atom. The molecule has 41 heavy (non-hydrogen) atoms. The SMILES string of the molecule is Cc1cc(C2C3=CCC4C(=O)N(CCc5ccc(O)cc5)C(=O)C4C3CC3(Cl)C(=O)N(C)C(=O)C23Cl)cc(C)c1O. The molecular formula is C31H30Cl2N2O6. The minimum Gasteiger partial charge on any atom is -0.508 e. The molecule has 2 aliphatic heterocycles. The predicted molar refractivity (Wildman–Crippen MR) is 152 cm³/mol. The third kappa shape index (κ3) is 3.73. The number of phenolic OH excluding ortho intramolecular Hbond substituents is 2. The lowest BCUT2D eigenvalue weighted by Gasteiger charge is -2.51. The van der Waals surface area contributed by atoms with Crippen LogP contribution >= 0.6 is 23.2 Å². The molecule has 2 aromatic rings. The van der Waals surface area contributed by atoms with Crippen molar-refractivity contribution >= 4 is 46.8 Å². The molecule has 2 saturated heterocycles. The van der Waals surface area contributed by atoms with Gasteiger partial charge in [-0.25, -0.2) is 0 Å². The summed E-state index contributed by atoms with van der Waals surface area (Å²) < 4.78 is 0. The first-order valence-corrected chi connectivity index (χ1v) is 14.4. The Morgan fingerprint density at radius 2 is 1.56 bits per heavy atom. The standard InChI is InChI=1S/C31H30Cl2N2O6/c1-15-12-18(13-16(2)25(15)37)24-20-8-9-21-23(22(20)14-30(32)28(40)34(3)29(41)31(24,30)33)27(39)35(26(21)38)11-10-17-4-6-19(36)7-5-17/h4-8,12-13,21-24,36-37H,9-11,14H2,1-3H3. The summed E-state index contributed by atoms with van der Waals surface area (Å²) in [6, 6.07) is 10.1. The number of hydrogen-bond donors (Lipinski definition) is 2. The Morgan fingerprint density at radius 3 is 2.20 bits per heavy atom. The monoisotopic (exact) mass is 596 g/mol. The number of allylic oxidation sites excluding steroid dienone is 2. The third-order valence-corrected chi connectivity index (χ3v) is 10.9. The molecule has 2 heterocycles. The molecule has 6 atom stereocenters. The molecule has 2 N–H and O–H groups in total. The highest BCUT2D eigenvalue weighted by Crippen LogP contribution is 2.65. The quantitative estimate of drug-likeness (QED) is 0.314. The van der Waals surface area contributed by atoms with Gasteiger partial charge in [0.1, 0.15) is 11.5 Å². The molecule has 0 aromatic heterocycles. The van der Waals surface area contributed by atoms with Crippen molar-refractivity contribution in [1.82, 2.24) is 9.80 Å². The fraction of sp³-hybridized carbons (Fsp3) is 0.419. The molecule has 6 unspecified atom stereocenters. The van der Waals surface area contributed by atoms with Crippen LogP contribution in [0.25, 0.3) is 0 Å². The fourth-order valence-corrected chi connectivity index (χ4v) is 8.48. The van der Waals surface area contributed by atoms with Crippen LogP contribution in [-0.4, -0.2) is 67.0 Å². The maximum atomic E-state index is 13.9. The molecule has 4 amide bonds. The van der Waals surface area contributed by atoms with Crippen molar-refractivity contribution in [2.75, 3.05) is 13.6 Å². The molecule has 0 radical (unpaired) electrons. The number of carbonyl (C=O) groups excluding carboxylic acids is 4. The summed E-state index contributed by atoms with van der Waals surface area (Å²) >= 11 is 14.4. The summed E-state index contributed by atoms with van der Waals surface area (Å²) in [6.45, 7) is 3.67. The van der Waals surface area contributed by atoms with E-state index in [4.69, 9.17) is 23.2 Å². The van der Waals surface area contributed by atoms with E-state index in [0.717, 1.165) is 16.0 Å². The first kappa shape index (κ1) is 27.8. The number of phenols is 2. The summed E-state index contributed by atoms with van der Waals surface area (Å²) in [5.41, 5.74) is 3.37. The molecule has 8 nitrogen and oxygen atoms in total. The van der Waals surface area contributed by atoms with Crippen molar-refractivity contribution in [2.45, 2.75) is 48.8 Å². The van der Waals surface area contributed by atoms with Crippen LogP contribution < -0.4 is 0 Å². The van der Waals surface area contributed by atoms with Gasteiger partial charge >= 0.3 is 0 Å². The van der Waals surface area contributed by atoms with Crippen molar-refractivity contribution in [1.29, 1.82) is 0 Å². The summed E-state index contributed by atoms with van der Waals surface area (Å²) in [5, 5.41) is 20.0. The van der Waals surface area contributed by atoms with E-state index >= 15 is 0 Å². The van der Waals surface area contributed by atoms with E-state index in [1.807, 2.05) is 6.08 Å². The van der Waals surface area contributed by atoms with Crippen LogP contribution in [0.4, 0.5) is 0 Å². The maximum Gasteiger partial charge on any atom is 0.253 e. The molecular weight excluding hydrogens is 567 g/mol. The minimum atomic E-state index is -1.85. The number of benzene rings is 2. The lowest BCUT2D eigenvalue weighted by molar-refractivity contribution is -0.141. The average Bonchev–Trinajstić information content (AvgIpc) is 3.25. The summed E-state index contributed by atoms with van der Waals surface area (Å²) in [7, 11) is 1.36. The molecule has 4 aliphatic rings. The van der Waals surface area contributed by atoms with E-state index in [1.165, 1.54) is 11.9 Å². The number of hydrogen-bond acceptors (Lipinski definition) is 6. The van der Waals surface area contributed by atoms with Gasteiger partial charge in [0, 0.05) is 19.5 Å². The van der Waals surface area contributed by atoms with E-state index in [2.05, 4.69) is 0 Å². The number of amides is 4. The maximum absolute atomic E-state index is 13.9. The van der Waals surface area contributed by atoms with Crippen LogP contribution in [0.15, 0.2) is 48.0 Å². The van der Waals surface area contributed by atoms with Crippen LogP contribution in [-0.2, 0) is 25.6 Å². The van der Waals surface area contributed by atoms with Crippen molar-refractivity contribution in [2.24, 2.45) is 17.8 Å². The first-order chi connectivity index (χ1) is 19.3. The number of imide groups is 2. The van der Waals surface area contributed by atoms with Gasteiger partial charge in [-0.05, 0) is 73.4 Å². The summed E-state index contributed by atoms with van der Waals surface area (Å²) in [5.74, 6) is -4.36. The molecule has 1 saturated carbocycles. The normalized spacial score (nSPS) is 32.7. The summed E-state index contributed by atoms with van der Waals surface area (Å²) in [6.07, 6.45) is 2.57. The third-order valence-electron chi connectivity index (χ3n) is 9.51. The lowest BCUT2D eigenvalue weighted by Crippen LogP contribution is -2.60. The number of fused-ring (bicyclic) bond motifs is 4. The van der Waals surface area contributed by atoms with Crippen LogP contribution in [0.1, 0.15) is 41.0 Å². The van der Waals surface area contributed by atoms with Crippen LogP contribution in [0.2, 0.25) is 0 Å². The largest absolute Gasteiger partial charge is 0.508 e. The van der Waals surface area contributed by atoms with Gasteiger partial charge in [0.25, 0.3) is 11.8 Å². The number of aromatic hydroxyl groups is 2. The van der Waals surface area contributed by atoms with Crippen LogP contribution in [0, 0.1) is 31.6 Å². The van der Waals surface area contributed by atoms with Crippen molar-refractivity contribution in [3.8, 4) is 11.5 Å². The van der Waals surface area contributed by atoms with Crippen LogP contribution in [0.3, 0.4) is 0 Å².